The maximum absolute atomic E-state index is 5.40. The largest absolute Gasteiger partial charge is 0.309 e. The summed E-state index contributed by atoms with van der Waals surface area (Å²) in [6.45, 7) is 0. The van der Waals surface area contributed by atoms with Crippen LogP contribution in [0.4, 0.5) is 0 Å². The van der Waals surface area contributed by atoms with Gasteiger partial charge in [-0.05, 0) is 57.3 Å². The third-order valence-corrected chi connectivity index (χ3v) is 12.4. The minimum Gasteiger partial charge on any atom is -0.309 e. The normalized spacial score (nSPS) is 11.9. The Balaban J connectivity index is 1.18. The van der Waals surface area contributed by atoms with Crippen LogP contribution in [0, 0.1) is 0 Å². The maximum atomic E-state index is 5.40. The highest BCUT2D eigenvalue weighted by Crippen LogP contribution is 2.47. The van der Waals surface area contributed by atoms with Gasteiger partial charge >= 0.3 is 0 Å². The summed E-state index contributed by atoms with van der Waals surface area (Å²) in [5, 5.41) is 12.2. The van der Waals surface area contributed by atoms with E-state index in [4.69, 9.17) is 15.0 Å². The van der Waals surface area contributed by atoms with E-state index >= 15 is 0 Å². The van der Waals surface area contributed by atoms with Crippen molar-refractivity contribution in [2.45, 2.75) is 0 Å². The first-order chi connectivity index (χ1) is 27.8. The molecule has 0 aliphatic heterocycles. The van der Waals surface area contributed by atoms with Crippen LogP contribution in [0.15, 0.2) is 182 Å². The fourth-order valence-corrected chi connectivity index (χ4v) is 10.1. The molecular formula is C51H30N4S. The highest BCUT2D eigenvalue weighted by Gasteiger charge is 2.22. The highest BCUT2D eigenvalue weighted by atomic mass is 32.1. The van der Waals surface area contributed by atoms with Crippen molar-refractivity contribution >= 4 is 85.6 Å². The topological polar surface area (TPSA) is 43.6 Å². The van der Waals surface area contributed by atoms with Gasteiger partial charge in [-0.2, -0.15) is 0 Å². The standard InChI is InChI=1S/C51H30N4S/c1-3-15-33(16-4-1)49-52-50(35-26-27-40-39-21-11-12-22-43(39)55(44(40)30-35)36-17-5-2-6-18-36)54-51(53-49)42-29-34-24-23-31-13-7-9-19-37(31)45(34)48-46(42)41-28-25-32-14-8-10-20-38(32)47(41)56-48/h1-30H. The van der Waals surface area contributed by atoms with Crippen LogP contribution >= 0.6 is 11.3 Å². The number of nitrogens with zero attached hydrogens (tertiary/aromatic N) is 4. The second-order valence-corrected chi connectivity index (χ2v) is 15.4. The van der Waals surface area contributed by atoms with Gasteiger partial charge in [0.05, 0.1) is 11.0 Å². The van der Waals surface area contributed by atoms with Crippen LogP contribution in [0.5, 0.6) is 0 Å². The zero-order chi connectivity index (χ0) is 36.7. The van der Waals surface area contributed by atoms with Gasteiger partial charge in [0.25, 0.3) is 0 Å². The quantitative estimate of drug-likeness (QED) is 0.169. The fraction of sp³-hybridized carbons (Fsp3) is 0. The lowest BCUT2D eigenvalue weighted by Gasteiger charge is -2.13. The Morgan fingerprint density at radius 3 is 1.77 bits per heavy atom. The van der Waals surface area contributed by atoms with E-state index in [1.165, 1.54) is 63.3 Å². The second-order valence-electron chi connectivity index (χ2n) is 14.4. The molecule has 12 rings (SSSR count). The van der Waals surface area contributed by atoms with Gasteiger partial charge in [-0.1, -0.05) is 152 Å². The predicted molar refractivity (Wildman–Crippen MR) is 236 cm³/mol. The van der Waals surface area contributed by atoms with Crippen LogP contribution < -0.4 is 0 Å². The first-order valence-corrected chi connectivity index (χ1v) is 19.7. The summed E-state index contributed by atoms with van der Waals surface area (Å²) in [4.78, 5) is 15.9. The second kappa shape index (κ2) is 12.2. The van der Waals surface area contributed by atoms with Crippen molar-refractivity contribution in [1.82, 2.24) is 19.5 Å². The molecule has 0 spiro atoms. The highest BCUT2D eigenvalue weighted by molar-refractivity contribution is 7.27. The first-order valence-electron chi connectivity index (χ1n) is 18.9. The molecular weight excluding hydrogens is 701 g/mol. The molecule has 56 heavy (non-hydrogen) atoms. The van der Waals surface area contributed by atoms with Crippen molar-refractivity contribution < 1.29 is 0 Å². The molecule has 0 unspecified atom stereocenters. The molecule has 5 heteroatoms. The average Bonchev–Trinajstić information content (AvgIpc) is 3.83. The van der Waals surface area contributed by atoms with Crippen LogP contribution in [0.1, 0.15) is 0 Å². The molecule has 4 nitrogen and oxygen atoms in total. The van der Waals surface area contributed by atoms with E-state index in [0.29, 0.717) is 17.5 Å². The minimum atomic E-state index is 0.636. The zero-order valence-electron chi connectivity index (χ0n) is 30.0. The molecule has 0 atom stereocenters. The van der Waals surface area contributed by atoms with Gasteiger partial charge in [0.15, 0.2) is 17.5 Å². The van der Waals surface area contributed by atoms with E-state index in [-0.39, 0.29) is 0 Å². The van der Waals surface area contributed by atoms with Crippen molar-refractivity contribution in [3.8, 4) is 39.9 Å². The molecule has 0 aliphatic carbocycles. The lowest BCUT2D eigenvalue weighted by Crippen LogP contribution is -2.01. The Morgan fingerprint density at radius 1 is 0.357 bits per heavy atom. The Hall–Kier alpha value is -7.21. The number of aromatic nitrogens is 4. The van der Waals surface area contributed by atoms with E-state index in [9.17, 15) is 0 Å². The minimum absolute atomic E-state index is 0.636. The Labute approximate surface area is 325 Å². The maximum Gasteiger partial charge on any atom is 0.164 e. The molecule has 9 aromatic carbocycles. The molecule has 0 amide bonds. The fourth-order valence-electron chi connectivity index (χ4n) is 8.64. The van der Waals surface area contributed by atoms with Gasteiger partial charge in [-0.25, -0.2) is 15.0 Å². The van der Waals surface area contributed by atoms with Crippen LogP contribution in [-0.4, -0.2) is 19.5 Å². The van der Waals surface area contributed by atoms with E-state index in [2.05, 4.69) is 168 Å². The average molecular weight is 731 g/mol. The zero-order valence-corrected chi connectivity index (χ0v) is 30.8. The smallest absolute Gasteiger partial charge is 0.164 e. The number of fused-ring (bicyclic) bond motifs is 12. The lowest BCUT2D eigenvalue weighted by molar-refractivity contribution is 1.08. The van der Waals surface area contributed by atoms with Crippen molar-refractivity contribution in [2.24, 2.45) is 0 Å². The summed E-state index contributed by atoms with van der Waals surface area (Å²) in [6.07, 6.45) is 0. The van der Waals surface area contributed by atoms with Crippen molar-refractivity contribution in [3.05, 3.63) is 182 Å². The van der Waals surface area contributed by atoms with Crippen molar-refractivity contribution in [1.29, 1.82) is 0 Å². The molecule has 0 radical (unpaired) electrons. The van der Waals surface area contributed by atoms with Gasteiger partial charge in [0.2, 0.25) is 0 Å². The van der Waals surface area contributed by atoms with Gasteiger partial charge in [0.1, 0.15) is 0 Å². The number of para-hydroxylation sites is 2. The summed E-state index contributed by atoms with van der Waals surface area (Å²) in [7, 11) is 0. The van der Waals surface area contributed by atoms with E-state index in [1.54, 1.807) is 0 Å². The van der Waals surface area contributed by atoms with Crippen LogP contribution in [0.25, 0.3) is 114 Å². The molecule has 0 aliphatic rings. The lowest BCUT2D eigenvalue weighted by atomic mass is 9.95. The van der Waals surface area contributed by atoms with Crippen molar-refractivity contribution in [2.75, 3.05) is 0 Å². The van der Waals surface area contributed by atoms with E-state index in [1.807, 2.05) is 29.5 Å². The Bertz CT molecular complexity index is 3530. The number of hydrogen-bond acceptors (Lipinski definition) is 4. The Morgan fingerprint density at radius 2 is 0.946 bits per heavy atom. The summed E-state index contributed by atoms with van der Waals surface area (Å²) in [5.74, 6) is 1.94. The third kappa shape index (κ3) is 4.68. The molecule has 0 bridgehead atoms. The summed E-state index contributed by atoms with van der Waals surface area (Å²) < 4.78 is 4.86. The van der Waals surface area contributed by atoms with Gasteiger partial charge in [-0.3, -0.25) is 0 Å². The van der Waals surface area contributed by atoms with Crippen LogP contribution in [0.2, 0.25) is 0 Å². The summed E-state index contributed by atoms with van der Waals surface area (Å²) in [6, 6.07) is 64.8. The number of rotatable bonds is 4. The molecule has 3 aromatic heterocycles. The molecule has 260 valence electrons. The van der Waals surface area contributed by atoms with Crippen molar-refractivity contribution in [3.63, 3.8) is 0 Å². The molecule has 0 saturated carbocycles. The molecule has 0 fully saturated rings. The SMILES string of the molecule is c1ccc(-c2nc(-c3ccc4c5ccccc5n(-c5ccccc5)c4c3)nc(-c3cc4ccc5ccccc5c4c4sc5c6ccccc6ccc5c34)n2)cc1. The van der Waals surface area contributed by atoms with Gasteiger partial charge < -0.3 is 4.57 Å². The number of hydrogen-bond donors (Lipinski definition) is 0. The summed E-state index contributed by atoms with van der Waals surface area (Å²) >= 11 is 1.87. The van der Waals surface area contributed by atoms with Gasteiger partial charge in [-0.15, -0.1) is 11.3 Å². The van der Waals surface area contributed by atoms with Gasteiger partial charge in [0, 0.05) is 58.7 Å². The van der Waals surface area contributed by atoms with E-state index < -0.39 is 0 Å². The van der Waals surface area contributed by atoms with Crippen LogP contribution in [0.3, 0.4) is 0 Å². The molecule has 0 saturated heterocycles. The number of thiophene rings is 1. The molecule has 0 N–H and O–H groups in total. The Kier molecular flexibility index (Phi) is 6.76. The van der Waals surface area contributed by atoms with E-state index in [0.717, 1.165) is 33.4 Å². The first kappa shape index (κ1) is 31.2. The summed E-state index contributed by atoms with van der Waals surface area (Å²) in [5.41, 5.74) is 6.26. The van der Waals surface area contributed by atoms with Crippen LogP contribution in [-0.2, 0) is 0 Å². The third-order valence-electron chi connectivity index (χ3n) is 11.2. The number of benzene rings is 9. The molecule has 3 heterocycles. The monoisotopic (exact) mass is 730 g/mol. The molecule has 12 aromatic rings. The predicted octanol–water partition coefficient (Wildman–Crippen LogP) is 13.8.